The van der Waals surface area contributed by atoms with Crippen molar-refractivity contribution in [1.82, 2.24) is 0 Å². The average Bonchev–Trinajstić information content (AvgIpc) is 2.70. The van der Waals surface area contributed by atoms with E-state index in [1.54, 1.807) is 0 Å². The highest BCUT2D eigenvalue weighted by atomic mass is 16.5. The number of aliphatic hydroxyl groups excluding tert-OH is 1. The second-order valence-corrected chi connectivity index (χ2v) is 10.1. The van der Waals surface area contributed by atoms with Crippen LogP contribution >= 0.6 is 0 Å². The number of unbranched alkanes of at least 4 members (excludes halogenated alkanes) is 1. The van der Waals surface area contributed by atoms with Crippen molar-refractivity contribution in [2.75, 3.05) is 6.61 Å². The summed E-state index contributed by atoms with van der Waals surface area (Å²) in [5.41, 5.74) is 0.385. The van der Waals surface area contributed by atoms with Crippen LogP contribution < -0.4 is 0 Å². The first kappa shape index (κ1) is 19.2. The molecule has 6 atom stereocenters. The number of fused-ring (bicyclic) bond motifs is 1. The summed E-state index contributed by atoms with van der Waals surface area (Å²) in [7, 11) is 0. The van der Waals surface area contributed by atoms with Crippen LogP contribution in [0.3, 0.4) is 0 Å². The number of hydrogen-bond acceptors (Lipinski definition) is 2. The molecule has 1 unspecified atom stereocenters. The lowest BCUT2D eigenvalue weighted by atomic mass is 9.54. The van der Waals surface area contributed by atoms with Crippen molar-refractivity contribution in [2.24, 2.45) is 34.0 Å². The second kappa shape index (κ2) is 6.33. The quantitative estimate of drug-likeness (QED) is 0.764. The van der Waals surface area contributed by atoms with Crippen LogP contribution in [0.15, 0.2) is 0 Å². The van der Waals surface area contributed by atoms with Crippen molar-refractivity contribution in [2.45, 2.75) is 93.3 Å². The Bertz CT molecular complexity index is 414. The first-order valence-electron chi connectivity index (χ1n) is 9.77. The molecule has 2 fully saturated rings. The van der Waals surface area contributed by atoms with E-state index in [0.29, 0.717) is 17.8 Å². The maximum atomic E-state index is 10.8. The fourth-order valence-corrected chi connectivity index (χ4v) is 5.37. The van der Waals surface area contributed by atoms with Gasteiger partial charge < -0.3 is 9.84 Å². The van der Waals surface area contributed by atoms with Gasteiger partial charge in [-0.2, -0.15) is 0 Å². The predicted octanol–water partition coefficient (Wildman–Crippen LogP) is 5.29. The molecule has 2 heteroatoms. The number of hydrogen-bond donors (Lipinski definition) is 1. The van der Waals surface area contributed by atoms with Crippen LogP contribution in [0.1, 0.15) is 81.1 Å². The lowest BCUT2D eigenvalue weighted by Gasteiger charge is -2.54. The summed E-state index contributed by atoms with van der Waals surface area (Å²) in [6.45, 7) is 19.6. The molecule has 136 valence electrons. The predicted molar refractivity (Wildman–Crippen MR) is 97.4 cm³/mol. The zero-order valence-electron chi connectivity index (χ0n) is 16.8. The van der Waals surface area contributed by atoms with Crippen molar-refractivity contribution >= 4 is 0 Å². The summed E-state index contributed by atoms with van der Waals surface area (Å²) in [6, 6.07) is 0. The molecule has 0 bridgehead atoms. The van der Waals surface area contributed by atoms with Gasteiger partial charge in [0.1, 0.15) is 0 Å². The third kappa shape index (κ3) is 3.11. The fraction of sp³-hybridized carbons (Fsp3) is 1.00. The van der Waals surface area contributed by atoms with Crippen LogP contribution in [0.2, 0.25) is 0 Å². The minimum atomic E-state index is -0.335. The summed E-state index contributed by atoms with van der Waals surface area (Å²) in [4.78, 5) is 0. The van der Waals surface area contributed by atoms with Gasteiger partial charge in [-0.25, -0.2) is 0 Å². The molecule has 1 heterocycles. The molecular formula is C21H40O2. The third-order valence-corrected chi connectivity index (χ3v) is 8.00. The van der Waals surface area contributed by atoms with E-state index in [1.165, 1.54) is 19.3 Å². The maximum Gasteiger partial charge on any atom is 0.0870 e. The molecule has 2 nitrogen and oxygen atoms in total. The van der Waals surface area contributed by atoms with Crippen LogP contribution in [-0.2, 0) is 4.74 Å². The lowest BCUT2D eigenvalue weighted by Crippen LogP contribution is -2.51. The first-order chi connectivity index (χ1) is 10.5. The molecule has 1 N–H and O–H groups in total. The summed E-state index contributed by atoms with van der Waals surface area (Å²) >= 11 is 0. The van der Waals surface area contributed by atoms with Gasteiger partial charge in [-0.1, -0.05) is 68.2 Å². The Kier molecular flexibility index (Phi) is 5.30. The standard InChI is InChI=1S/C21H40O2/c1-9-10-11-21(8)15(3)14(2)16-12-19(4,5)18(22)17(16)23-13-20(21,6)7/h14-18,22H,9-13H2,1-8H3/t14-,15+,16+,17?,18-,21+/m0/s1. The van der Waals surface area contributed by atoms with E-state index in [1.807, 2.05) is 0 Å². The van der Waals surface area contributed by atoms with Gasteiger partial charge in [0.25, 0.3) is 0 Å². The summed E-state index contributed by atoms with van der Waals surface area (Å²) in [5, 5.41) is 10.8. The summed E-state index contributed by atoms with van der Waals surface area (Å²) in [6.07, 6.45) is 4.57. The van der Waals surface area contributed by atoms with Crippen LogP contribution in [-0.4, -0.2) is 23.9 Å². The van der Waals surface area contributed by atoms with Crippen LogP contribution in [0.25, 0.3) is 0 Å². The van der Waals surface area contributed by atoms with Gasteiger partial charge in [0.15, 0.2) is 0 Å². The fourth-order valence-electron chi connectivity index (χ4n) is 5.37. The number of rotatable bonds is 3. The average molecular weight is 325 g/mol. The Morgan fingerprint density at radius 3 is 2.26 bits per heavy atom. The summed E-state index contributed by atoms with van der Waals surface area (Å²) in [5.74, 6) is 1.70. The smallest absolute Gasteiger partial charge is 0.0870 e. The SMILES string of the molecule is CCCC[C@]1(C)[C@H](C)[C@H](C)[C@H]2CC(C)(C)[C@@H](O)C2OCC1(C)C. The molecule has 1 aliphatic carbocycles. The Morgan fingerprint density at radius 2 is 1.70 bits per heavy atom. The Hall–Kier alpha value is -0.0800. The Balaban J connectivity index is 2.36. The molecule has 0 spiro atoms. The largest absolute Gasteiger partial charge is 0.390 e. The Morgan fingerprint density at radius 1 is 1.09 bits per heavy atom. The van der Waals surface area contributed by atoms with Gasteiger partial charge in [0.2, 0.25) is 0 Å². The van der Waals surface area contributed by atoms with Crippen LogP contribution in [0.5, 0.6) is 0 Å². The highest BCUT2D eigenvalue weighted by molar-refractivity contribution is 5.05. The molecule has 0 amide bonds. The highest BCUT2D eigenvalue weighted by Gasteiger charge is 2.56. The molecule has 0 radical (unpaired) electrons. The van der Waals surface area contributed by atoms with E-state index >= 15 is 0 Å². The molecule has 0 aromatic carbocycles. The van der Waals surface area contributed by atoms with E-state index in [4.69, 9.17) is 4.74 Å². The number of ether oxygens (including phenoxy) is 1. The van der Waals surface area contributed by atoms with E-state index in [9.17, 15) is 5.11 Å². The Labute approximate surface area is 144 Å². The van der Waals surface area contributed by atoms with Crippen LogP contribution in [0.4, 0.5) is 0 Å². The molecule has 1 saturated heterocycles. The molecule has 23 heavy (non-hydrogen) atoms. The van der Waals surface area contributed by atoms with Gasteiger partial charge in [-0.05, 0) is 46.8 Å². The summed E-state index contributed by atoms with van der Waals surface area (Å²) < 4.78 is 6.41. The molecule has 2 rings (SSSR count). The van der Waals surface area contributed by atoms with Crippen LogP contribution in [0, 0.1) is 34.0 Å². The normalized spacial score (nSPS) is 46.0. The van der Waals surface area contributed by atoms with Gasteiger partial charge in [-0.15, -0.1) is 0 Å². The highest BCUT2D eigenvalue weighted by Crippen LogP contribution is 2.57. The zero-order valence-corrected chi connectivity index (χ0v) is 16.8. The minimum Gasteiger partial charge on any atom is -0.390 e. The van der Waals surface area contributed by atoms with E-state index in [-0.39, 0.29) is 28.5 Å². The van der Waals surface area contributed by atoms with E-state index in [2.05, 4.69) is 55.4 Å². The first-order valence-corrected chi connectivity index (χ1v) is 9.77. The van der Waals surface area contributed by atoms with Gasteiger partial charge in [0.05, 0.1) is 18.8 Å². The second-order valence-electron chi connectivity index (χ2n) is 10.1. The zero-order chi connectivity index (χ0) is 17.6. The maximum absolute atomic E-state index is 10.8. The van der Waals surface area contributed by atoms with Crippen molar-refractivity contribution in [3.8, 4) is 0 Å². The van der Waals surface area contributed by atoms with Crippen molar-refractivity contribution in [3.05, 3.63) is 0 Å². The van der Waals surface area contributed by atoms with Gasteiger partial charge in [-0.3, -0.25) is 0 Å². The van der Waals surface area contributed by atoms with Gasteiger partial charge >= 0.3 is 0 Å². The van der Waals surface area contributed by atoms with Gasteiger partial charge in [0, 0.05) is 0 Å². The molecule has 1 aliphatic heterocycles. The third-order valence-electron chi connectivity index (χ3n) is 8.00. The molecule has 0 aromatic rings. The monoisotopic (exact) mass is 324 g/mol. The molecule has 1 saturated carbocycles. The van der Waals surface area contributed by atoms with E-state index in [0.717, 1.165) is 13.0 Å². The topological polar surface area (TPSA) is 29.5 Å². The molecule has 0 aromatic heterocycles. The van der Waals surface area contributed by atoms with Crippen molar-refractivity contribution in [3.63, 3.8) is 0 Å². The van der Waals surface area contributed by atoms with E-state index < -0.39 is 0 Å². The molecule has 2 aliphatic rings. The molecular weight excluding hydrogens is 284 g/mol. The van der Waals surface area contributed by atoms with Crippen molar-refractivity contribution in [1.29, 1.82) is 0 Å². The number of aliphatic hydroxyl groups is 1. The lowest BCUT2D eigenvalue weighted by molar-refractivity contribution is -0.156. The minimum absolute atomic E-state index is 0.0115. The van der Waals surface area contributed by atoms with Crippen molar-refractivity contribution < 1.29 is 9.84 Å².